The molecular weight excluding hydrogens is 304 g/mol. The zero-order valence-electron chi connectivity index (χ0n) is 10.2. The Hall–Kier alpha value is -1.85. The zero-order chi connectivity index (χ0) is 14.7. The van der Waals surface area contributed by atoms with Gasteiger partial charge < -0.3 is 11.1 Å². The molecule has 0 aliphatic rings. The standard InChI is InChI=1S/C13H10Cl2FN3O/c14-9-3-7(1-2-10(9)16)6-18-13(20)8-4-11(15)19-12(17)5-8/h1-5H,6H2,(H2,17,19)(H,18,20). The van der Waals surface area contributed by atoms with Gasteiger partial charge in [0.15, 0.2) is 0 Å². The van der Waals surface area contributed by atoms with Crippen LogP contribution in [-0.4, -0.2) is 10.9 Å². The molecule has 2 rings (SSSR count). The molecule has 0 aliphatic carbocycles. The third-order valence-corrected chi connectivity index (χ3v) is 3.00. The highest BCUT2D eigenvalue weighted by Gasteiger charge is 2.09. The molecule has 1 heterocycles. The summed E-state index contributed by atoms with van der Waals surface area (Å²) >= 11 is 11.4. The summed E-state index contributed by atoms with van der Waals surface area (Å²) in [5.74, 6) is -0.704. The minimum absolute atomic E-state index is 0.00736. The van der Waals surface area contributed by atoms with Crippen molar-refractivity contribution in [2.24, 2.45) is 0 Å². The fourth-order valence-electron chi connectivity index (χ4n) is 1.58. The van der Waals surface area contributed by atoms with E-state index in [9.17, 15) is 9.18 Å². The molecule has 0 atom stereocenters. The van der Waals surface area contributed by atoms with Crippen molar-refractivity contribution in [3.63, 3.8) is 0 Å². The van der Waals surface area contributed by atoms with E-state index in [0.29, 0.717) is 11.1 Å². The van der Waals surface area contributed by atoms with Crippen molar-refractivity contribution in [3.05, 3.63) is 57.5 Å². The number of anilines is 1. The van der Waals surface area contributed by atoms with E-state index in [0.717, 1.165) is 0 Å². The molecule has 1 aromatic carbocycles. The number of nitrogens with zero attached hydrogens (tertiary/aromatic N) is 1. The van der Waals surface area contributed by atoms with E-state index >= 15 is 0 Å². The molecule has 1 amide bonds. The summed E-state index contributed by atoms with van der Waals surface area (Å²) in [5, 5.41) is 2.80. The maximum Gasteiger partial charge on any atom is 0.251 e. The number of carbonyl (C=O) groups excluding carboxylic acids is 1. The Morgan fingerprint density at radius 1 is 1.30 bits per heavy atom. The van der Waals surface area contributed by atoms with Crippen LogP contribution in [0.15, 0.2) is 30.3 Å². The second-order valence-corrected chi connectivity index (χ2v) is 4.83. The fourth-order valence-corrected chi connectivity index (χ4v) is 2.00. The highest BCUT2D eigenvalue weighted by atomic mass is 35.5. The molecule has 104 valence electrons. The summed E-state index contributed by atoms with van der Waals surface area (Å²) in [5.41, 5.74) is 6.49. The highest BCUT2D eigenvalue weighted by Crippen LogP contribution is 2.16. The van der Waals surface area contributed by atoms with Crippen molar-refractivity contribution in [1.82, 2.24) is 10.3 Å². The van der Waals surface area contributed by atoms with Gasteiger partial charge in [-0.2, -0.15) is 0 Å². The number of carbonyl (C=O) groups is 1. The molecule has 20 heavy (non-hydrogen) atoms. The van der Waals surface area contributed by atoms with Crippen LogP contribution in [0.5, 0.6) is 0 Å². The quantitative estimate of drug-likeness (QED) is 0.856. The Balaban J connectivity index is 2.06. The van der Waals surface area contributed by atoms with Crippen molar-refractivity contribution in [3.8, 4) is 0 Å². The number of rotatable bonds is 3. The summed E-state index contributed by atoms with van der Waals surface area (Å²) < 4.78 is 13.0. The molecule has 2 aromatic rings. The van der Waals surface area contributed by atoms with Gasteiger partial charge in [-0.1, -0.05) is 29.3 Å². The average Bonchev–Trinajstić information content (AvgIpc) is 2.38. The van der Waals surface area contributed by atoms with Crippen LogP contribution in [-0.2, 0) is 6.54 Å². The Bertz CT molecular complexity index is 644. The molecule has 0 saturated heterocycles. The Morgan fingerprint density at radius 3 is 2.70 bits per heavy atom. The van der Waals surface area contributed by atoms with Crippen molar-refractivity contribution in [2.45, 2.75) is 6.54 Å². The smallest absolute Gasteiger partial charge is 0.251 e. The first-order valence-corrected chi connectivity index (χ1v) is 6.36. The number of amides is 1. The predicted molar refractivity (Wildman–Crippen MR) is 76.2 cm³/mol. The molecule has 0 fully saturated rings. The SMILES string of the molecule is Nc1cc(C(=O)NCc2ccc(F)c(Cl)c2)cc(Cl)n1. The molecule has 4 nitrogen and oxygen atoms in total. The maximum atomic E-state index is 13.0. The van der Waals surface area contributed by atoms with Crippen LogP contribution in [0.3, 0.4) is 0 Å². The summed E-state index contributed by atoms with van der Waals surface area (Å²) in [6.45, 7) is 0.207. The molecular formula is C13H10Cl2FN3O. The van der Waals surface area contributed by atoms with E-state index in [4.69, 9.17) is 28.9 Å². The van der Waals surface area contributed by atoms with Crippen molar-refractivity contribution >= 4 is 34.9 Å². The molecule has 0 spiro atoms. The number of pyridine rings is 1. The van der Waals surface area contributed by atoms with Crippen LogP contribution in [0, 0.1) is 5.82 Å². The zero-order valence-corrected chi connectivity index (χ0v) is 11.7. The molecule has 7 heteroatoms. The van der Waals surface area contributed by atoms with Crippen molar-refractivity contribution in [1.29, 1.82) is 0 Å². The first kappa shape index (κ1) is 14.6. The highest BCUT2D eigenvalue weighted by molar-refractivity contribution is 6.30. The van der Waals surface area contributed by atoms with Gasteiger partial charge in [-0.25, -0.2) is 9.37 Å². The average molecular weight is 314 g/mol. The topological polar surface area (TPSA) is 68.0 Å². The van der Waals surface area contributed by atoms with Crippen LogP contribution in [0.2, 0.25) is 10.2 Å². The van der Waals surface area contributed by atoms with E-state index in [1.807, 2.05) is 0 Å². The first-order valence-electron chi connectivity index (χ1n) is 5.61. The third-order valence-electron chi connectivity index (χ3n) is 2.51. The van der Waals surface area contributed by atoms with Gasteiger partial charge in [-0.15, -0.1) is 0 Å². The molecule has 0 saturated carbocycles. The minimum Gasteiger partial charge on any atom is -0.384 e. The monoisotopic (exact) mass is 313 g/mol. The number of halogens is 3. The summed E-state index contributed by atoms with van der Waals surface area (Å²) in [6.07, 6.45) is 0. The number of nitrogens with one attached hydrogen (secondary N) is 1. The van der Waals surface area contributed by atoms with Gasteiger partial charge in [0.05, 0.1) is 5.02 Å². The number of hydrogen-bond donors (Lipinski definition) is 2. The molecule has 1 aromatic heterocycles. The first-order chi connectivity index (χ1) is 9.45. The van der Waals surface area contributed by atoms with Gasteiger partial charge in [0, 0.05) is 12.1 Å². The lowest BCUT2D eigenvalue weighted by Crippen LogP contribution is -2.23. The minimum atomic E-state index is -0.504. The van der Waals surface area contributed by atoms with Gasteiger partial charge in [0.25, 0.3) is 5.91 Å². The lowest BCUT2D eigenvalue weighted by atomic mass is 10.2. The lowest BCUT2D eigenvalue weighted by molar-refractivity contribution is 0.0951. The van der Waals surface area contributed by atoms with E-state index in [1.54, 1.807) is 0 Å². The van der Waals surface area contributed by atoms with Gasteiger partial charge in [0.1, 0.15) is 16.8 Å². The number of benzene rings is 1. The van der Waals surface area contributed by atoms with Gasteiger partial charge in [-0.05, 0) is 29.8 Å². The van der Waals surface area contributed by atoms with Gasteiger partial charge >= 0.3 is 0 Å². The fraction of sp³-hybridized carbons (Fsp3) is 0.0769. The van der Waals surface area contributed by atoms with Gasteiger partial charge in [0.2, 0.25) is 0 Å². The van der Waals surface area contributed by atoms with Crippen molar-refractivity contribution < 1.29 is 9.18 Å². The molecule has 0 radical (unpaired) electrons. The lowest BCUT2D eigenvalue weighted by Gasteiger charge is -2.07. The van der Waals surface area contributed by atoms with E-state index in [-0.39, 0.29) is 28.4 Å². The summed E-state index contributed by atoms with van der Waals surface area (Å²) in [6, 6.07) is 7.05. The normalized spacial score (nSPS) is 10.3. The Kier molecular flexibility index (Phi) is 4.42. The van der Waals surface area contributed by atoms with Crippen LogP contribution in [0.25, 0.3) is 0 Å². The number of hydrogen-bond acceptors (Lipinski definition) is 3. The van der Waals surface area contributed by atoms with Crippen LogP contribution in [0.1, 0.15) is 15.9 Å². The molecule has 0 unspecified atom stereocenters. The second-order valence-electron chi connectivity index (χ2n) is 4.03. The summed E-state index contributed by atoms with van der Waals surface area (Å²) in [7, 11) is 0. The summed E-state index contributed by atoms with van der Waals surface area (Å²) in [4.78, 5) is 15.7. The largest absolute Gasteiger partial charge is 0.384 e. The number of aromatic nitrogens is 1. The molecule has 0 aliphatic heterocycles. The van der Waals surface area contributed by atoms with E-state index in [2.05, 4.69) is 10.3 Å². The molecule has 0 bridgehead atoms. The van der Waals surface area contributed by atoms with Crippen LogP contribution >= 0.6 is 23.2 Å². The van der Waals surface area contributed by atoms with E-state index < -0.39 is 5.82 Å². The Labute approximate surface area is 124 Å². The van der Waals surface area contributed by atoms with Crippen LogP contribution < -0.4 is 11.1 Å². The van der Waals surface area contributed by atoms with Gasteiger partial charge in [-0.3, -0.25) is 4.79 Å². The molecule has 3 N–H and O–H groups in total. The van der Waals surface area contributed by atoms with Crippen molar-refractivity contribution in [2.75, 3.05) is 5.73 Å². The second kappa shape index (κ2) is 6.07. The Morgan fingerprint density at radius 2 is 2.05 bits per heavy atom. The van der Waals surface area contributed by atoms with Crippen LogP contribution in [0.4, 0.5) is 10.2 Å². The predicted octanol–water partition coefficient (Wildman–Crippen LogP) is 3.04. The number of nitrogen functional groups attached to an aromatic ring is 1. The van der Waals surface area contributed by atoms with E-state index in [1.165, 1.54) is 30.3 Å². The maximum absolute atomic E-state index is 13.0. The number of nitrogens with two attached hydrogens (primary N) is 1. The third kappa shape index (κ3) is 3.59.